The first-order chi connectivity index (χ1) is 9.46. The lowest BCUT2D eigenvalue weighted by atomic mass is 10.0. The van der Waals surface area contributed by atoms with Crippen molar-refractivity contribution in [1.82, 2.24) is 11.5 Å². The quantitative estimate of drug-likeness (QED) is 0.520. The molecule has 22 heavy (non-hydrogen) atoms. The Morgan fingerprint density at radius 1 is 1.32 bits per heavy atom. The molecule has 1 aliphatic rings. The van der Waals surface area contributed by atoms with Crippen LogP contribution >= 0.6 is 0 Å². The summed E-state index contributed by atoms with van der Waals surface area (Å²) in [6, 6.07) is 1.72. The molecule has 128 valence electrons. The van der Waals surface area contributed by atoms with E-state index < -0.39 is 6.10 Å². The van der Waals surface area contributed by atoms with Gasteiger partial charge in [-0.1, -0.05) is 34.1 Å². The molecule has 0 bridgehead atoms. The van der Waals surface area contributed by atoms with Crippen molar-refractivity contribution in [2.45, 2.75) is 59.5 Å². The fourth-order valence-corrected chi connectivity index (χ4v) is 1.53. The van der Waals surface area contributed by atoms with Gasteiger partial charge in [-0.3, -0.25) is 14.9 Å². The number of carbonyl (C=O) groups is 2. The van der Waals surface area contributed by atoms with E-state index in [1.165, 1.54) is 0 Å². The van der Waals surface area contributed by atoms with Crippen molar-refractivity contribution in [2.24, 2.45) is 5.92 Å². The lowest BCUT2D eigenvalue weighted by Gasteiger charge is -1.99. The normalized spacial score (nSPS) is 15.8. The summed E-state index contributed by atoms with van der Waals surface area (Å²) in [5.41, 5.74) is 0. The molecular formula is C14H27N3O5. The second-order valence-corrected chi connectivity index (χ2v) is 4.12. The van der Waals surface area contributed by atoms with Gasteiger partial charge in [0.15, 0.2) is 0 Å². The SMILES string of the molecule is C.CCCC(O)C#N.CCCC1CC(=O)NC1=O.N.O=C=O. The largest absolute Gasteiger partial charge is 0.378 e. The van der Waals surface area contributed by atoms with Crippen LogP contribution in [0.5, 0.6) is 0 Å². The van der Waals surface area contributed by atoms with Gasteiger partial charge in [-0.2, -0.15) is 14.9 Å². The molecule has 8 nitrogen and oxygen atoms in total. The minimum Gasteiger partial charge on any atom is -0.378 e. The molecule has 0 aromatic rings. The highest BCUT2D eigenvalue weighted by atomic mass is 16.3. The van der Waals surface area contributed by atoms with Crippen LogP contribution in [0.25, 0.3) is 0 Å². The average molecular weight is 317 g/mol. The maximum Gasteiger partial charge on any atom is 0.373 e. The van der Waals surface area contributed by atoms with E-state index in [2.05, 4.69) is 5.32 Å². The maximum absolute atomic E-state index is 10.8. The summed E-state index contributed by atoms with van der Waals surface area (Å²) >= 11 is 0. The number of nitriles is 1. The molecule has 1 rings (SSSR count). The summed E-state index contributed by atoms with van der Waals surface area (Å²) in [7, 11) is 0. The Bertz CT molecular complexity index is 373. The van der Waals surface area contributed by atoms with Crippen LogP contribution in [0.15, 0.2) is 0 Å². The van der Waals surface area contributed by atoms with Gasteiger partial charge in [-0.25, -0.2) is 0 Å². The first kappa shape index (κ1) is 28.1. The van der Waals surface area contributed by atoms with Crippen molar-refractivity contribution in [3.05, 3.63) is 0 Å². The summed E-state index contributed by atoms with van der Waals surface area (Å²) in [5.74, 6) is -0.257. The van der Waals surface area contributed by atoms with Gasteiger partial charge >= 0.3 is 6.15 Å². The van der Waals surface area contributed by atoms with Crippen molar-refractivity contribution < 1.29 is 24.3 Å². The number of rotatable bonds is 4. The Morgan fingerprint density at radius 3 is 2.05 bits per heavy atom. The highest BCUT2D eigenvalue weighted by Gasteiger charge is 2.28. The molecule has 0 aliphatic carbocycles. The van der Waals surface area contributed by atoms with Gasteiger partial charge in [0.25, 0.3) is 0 Å². The molecule has 1 saturated heterocycles. The van der Waals surface area contributed by atoms with E-state index in [9.17, 15) is 9.59 Å². The van der Waals surface area contributed by atoms with Crippen molar-refractivity contribution in [3.63, 3.8) is 0 Å². The van der Waals surface area contributed by atoms with Crippen LogP contribution in [-0.2, 0) is 19.2 Å². The van der Waals surface area contributed by atoms with Crippen molar-refractivity contribution >= 4 is 18.0 Å². The number of nitrogens with one attached hydrogen (secondary N) is 1. The van der Waals surface area contributed by atoms with Crippen molar-refractivity contribution in [2.75, 3.05) is 0 Å². The van der Waals surface area contributed by atoms with Gasteiger partial charge in [0.2, 0.25) is 11.8 Å². The Kier molecular flexibility index (Phi) is 24.2. The predicted octanol–water partition coefficient (Wildman–Crippen LogP) is 1.33. The van der Waals surface area contributed by atoms with E-state index in [0.717, 1.165) is 19.3 Å². The monoisotopic (exact) mass is 317 g/mol. The zero-order chi connectivity index (χ0) is 16.0. The number of amides is 2. The number of carbonyl (C=O) groups excluding carboxylic acids is 4. The van der Waals surface area contributed by atoms with Gasteiger partial charge in [-0.05, 0) is 12.8 Å². The maximum atomic E-state index is 10.8. The van der Waals surface area contributed by atoms with E-state index in [0.29, 0.717) is 12.8 Å². The summed E-state index contributed by atoms with van der Waals surface area (Å²) < 4.78 is 0. The van der Waals surface area contributed by atoms with Crippen molar-refractivity contribution in [3.8, 4) is 6.07 Å². The van der Waals surface area contributed by atoms with Crippen LogP contribution in [-0.4, -0.2) is 29.2 Å². The summed E-state index contributed by atoms with van der Waals surface area (Å²) in [6.07, 6.45) is 3.16. The van der Waals surface area contributed by atoms with Crippen LogP contribution in [0.4, 0.5) is 0 Å². The van der Waals surface area contributed by atoms with E-state index in [1.54, 1.807) is 6.07 Å². The molecule has 0 aromatic heterocycles. The second kappa shape index (κ2) is 18.9. The standard InChI is InChI=1S/C7H11NO2.C5H9NO.CO2.CH4.H3N/c1-2-3-5-4-6(9)8-7(5)10;1-2-3-5(7)4-6;2-1-3;;/h5H,2-4H2,1H3,(H,8,9,10);5,7H,2-3H2,1H3;;1H4;1H3. The third kappa shape index (κ3) is 16.0. The molecule has 2 unspecified atom stereocenters. The molecule has 0 spiro atoms. The van der Waals surface area contributed by atoms with Gasteiger partial charge in [0, 0.05) is 12.3 Å². The fourth-order valence-electron chi connectivity index (χ4n) is 1.53. The van der Waals surface area contributed by atoms with Crippen LogP contribution in [0.2, 0.25) is 0 Å². The Balaban J connectivity index is -0.000000120. The van der Waals surface area contributed by atoms with E-state index in [4.69, 9.17) is 20.0 Å². The Morgan fingerprint density at radius 2 is 1.82 bits per heavy atom. The Labute approximate surface area is 131 Å². The van der Waals surface area contributed by atoms with Gasteiger partial charge in [0.05, 0.1) is 6.07 Å². The molecule has 1 heterocycles. The van der Waals surface area contributed by atoms with E-state index in [-0.39, 0.29) is 37.5 Å². The number of nitrogens with zero attached hydrogens (tertiary/aromatic N) is 1. The molecule has 2 atom stereocenters. The third-order valence-electron chi connectivity index (χ3n) is 2.41. The molecule has 8 heteroatoms. The van der Waals surface area contributed by atoms with Crippen LogP contribution < -0.4 is 11.5 Å². The lowest BCUT2D eigenvalue weighted by molar-refractivity contribution is -0.191. The summed E-state index contributed by atoms with van der Waals surface area (Å²) in [6.45, 7) is 3.94. The topological polar surface area (TPSA) is 159 Å². The molecule has 5 N–H and O–H groups in total. The summed E-state index contributed by atoms with van der Waals surface area (Å²) in [5, 5.41) is 18.7. The minimum absolute atomic E-state index is 0. The highest BCUT2D eigenvalue weighted by molar-refractivity contribution is 6.03. The van der Waals surface area contributed by atoms with Gasteiger partial charge in [0.1, 0.15) is 6.10 Å². The smallest absolute Gasteiger partial charge is 0.373 e. The van der Waals surface area contributed by atoms with Crippen LogP contribution in [0, 0.1) is 17.2 Å². The third-order valence-corrected chi connectivity index (χ3v) is 2.41. The zero-order valence-electron chi connectivity index (χ0n) is 12.4. The number of hydrogen-bond acceptors (Lipinski definition) is 7. The van der Waals surface area contributed by atoms with Crippen molar-refractivity contribution in [1.29, 1.82) is 5.26 Å². The first-order valence-corrected chi connectivity index (χ1v) is 6.37. The Hall–Kier alpha value is -2.07. The van der Waals surface area contributed by atoms with Gasteiger partial charge in [-0.15, -0.1) is 0 Å². The molecule has 1 aliphatic heterocycles. The van der Waals surface area contributed by atoms with E-state index in [1.807, 2.05) is 13.8 Å². The predicted molar refractivity (Wildman–Crippen MR) is 79.5 cm³/mol. The highest BCUT2D eigenvalue weighted by Crippen LogP contribution is 2.15. The molecule has 0 aromatic carbocycles. The average Bonchev–Trinajstić information content (AvgIpc) is 2.70. The zero-order valence-corrected chi connectivity index (χ0v) is 12.4. The molecule has 2 amide bonds. The van der Waals surface area contributed by atoms with Crippen LogP contribution in [0.1, 0.15) is 53.4 Å². The number of hydrogen-bond donors (Lipinski definition) is 3. The number of imide groups is 1. The molecule has 0 saturated carbocycles. The molecule has 1 fully saturated rings. The molecule has 0 radical (unpaired) electrons. The second-order valence-electron chi connectivity index (χ2n) is 4.12. The van der Waals surface area contributed by atoms with E-state index >= 15 is 0 Å². The molecular weight excluding hydrogens is 290 g/mol. The van der Waals surface area contributed by atoms with Gasteiger partial charge < -0.3 is 11.3 Å². The summed E-state index contributed by atoms with van der Waals surface area (Å²) in [4.78, 5) is 37.7. The number of aliphatic hydroxyl groups is 1. The minimum atomic E-state index is -0.745. The van der Waals surface area contributed by atoms with Crippen LogP contribution in [0.3, 0.4) is 0 Å². The first-order valence-electron chi connectivity index (χ1n) is 6.37. The fraction of sp³-hybridized carbons (Fsp3) is 0.714. The number of aliphatic hydroxyl groups excluding tert-OH is 1. The lowest BCUT2D eigenvalue weighted by Crippen LogP contribution is -2.21.